The fraction of sp³-hybridized carbons (Fsp3) is 0.105. The average molecular weight is 333 g/mol. The summed E-state index contributed by atoms with van der Waals surface area (Å²) in [5.74, 6) is 0.196. The first kappa shape index (κ1) is 16.4. The smallest absolute Gasteiger partial charge is 0.258 e. The zero-order chi connectivity index (χ0) is 17.6. The topological polar surface area (TPSA) is 70.2 Å². The average Bonchev–Trinajstić information content (AvgIpc) is 2.63. The molecule has 2 N–H and O–H groups in total. The van der Waals surface area contributed by atoms with Gasteiger partial charge in [-0.2, -0.15) is 0 Å². The molecule has 25 heavy (non-hydrogen) atoms. The first-order valence-electron chi connectivity index (χ1n) is 7.85. The van der Waals surface area contributed by atoms with E-state index >= 15 is 0 Å². The van der Waals surface area contributed by atoms with Gasteiger partial charge in [-0.3, -0.25) is 4.79 Å². The SMILES string of the molecule is CN(C)c1ccc(Nc2ncc(C(=O)Nc3ccccc3)cn2)cc1. The molecule has 0 spiro atoms. The minimum Gasteiger partial charge on any atom is -0.378 e. The molecule has 0 aliphatic carbocycles. The lowest BCUT2D eigenvalue weighted by molar-refractivity contribution is 0.102. The Bertz CT molecular complexity index is 830. The van der Waals surface area contributed by atoms with Gasteiger partial charge in [0, 0.05) is 43.6 Å². The van der Waals surface area contributed by atoms with Crippen LogP contribution in [0.5, 0.6) is 0 Å². The van der Waals surface area contributed by atoms with E-state index in [4.69, 9.17) is 0 Å². The van der Waals surface area contributed by atoms with Gasteiger partial charge in [-0.25, -0.2) is 9.97 Å². The first-order chi connectivity index (χ1) is 12.1. The third-order valence-corrected chi connectivity index (χ3v) is 3.59. The van der Waals surface area contributed by atoms with Gasteiger partial charge in [0.25, 0.3) is 5.91 Å². The van der Waals surface area contributed by atoms with Crippen molar-refractivity contribution in [2.75, 3.05) is 29.6 Å². The van der Waals surface area contributed by atoms with E-state index in [1.165, 1.54) is 12.4 Å². The van der Waals surface area contributed by atoms with Crippen LogP contribution in [0.25, 0.3) is 0 Å². The predicted molar refractivity (Wildman–Crippen MR) is 100 cm³/mol. The van der Waals surface area contributed by atoms with E-state index in [2.05, 4.69) is 20.6 Å². The summed E-state index contributed by atoms with van der Waals surface area (Å²) in [5.41, 5.74) is 3.12. The number of hydrogen-bond acceptors (Lipinski definition) is 5. The standard InChI is InChI=1S/C19H19N5O/c1-24(2)17-10-8-16(9-11-17)23-19-20-12-14(13-21-19)18(25)22-15-6-4-3-5-7-15/h3-13H,1-2H3,(H,22,25)(H,20,21,23). The van der Waals surface area contributed by atoms with Crippen LogP contribution in [0.3, 0.4) is 0 Å². The summed E-state index contributed by atoms with van der Waals surface area (Å²) in [6, 6.07) is 17.2. The van der Waals surface area contributed by atoms with Gasteiger partial charge in [0.1, 0.15) is 0 Å². The Labute approximate surface area is 146 Å². The molecule has 0 saturated heterocycles. The third-order valence-electron chi connectivity index (χ3n) is 3.59. The number of carbonyl (C=O) groups excluding carboxylic acids is 1. The number of rotatable bonds is 5. The second-order valence-electron chi connectivity index (χ2n) is 5.68. The molecule has 0 radical (unpaired) electrons. The number of anilines is 4. The number of nitrogens with zero attached hydrogens (tertiary/aromatic N) is 3. The molecule has 0 unspecified atom stereocenters. The second kappa shape index (κ2) is 7.44. The number of amides is 1. The lowest BCUT2D eigenvalue weighted by Crippen LogP contribution is -2.13. The van der Waals surface area contributed by atoms with Crippen molar-refractivity contribution in [3.8, 4) is 0 Å². The maximum absolute atomic E-state index is 12.2. The number of hydrogen-bond donors (Lipinski definition) is 2. The fourth-order valence-electron chi connectivity index (χ4n) is 2.21. The quantitative estimate of drug-likeness (QED) is 0.747. The highest BCUT2D eigenvalue weighted by Crippen LogP contribution is 2.18. The maximum atomic E-state index is 12.2. The zero-order valence-electron chi connectivity index (χ0n) is 14.1. The molecule has 6 heteroatoms. The number of benzene rings is 2. The Kier molecular flexibility index (Phi) is 4.89. The Morgan fingerprint density at radius 2 is 1.52 bits per heavy atom. The second-order valence-corrected chi connectivity index (χ2v) is 5.68. The maximum Gasteiger partial charge on any atom is 0.258 e. The molecule has 0 aliphatic heterocycles. The lowest BCUT2D eigenvalue weighted by atomic mass is 10.2. The van der Waals surface area contributed by atoms with Gasteiger partial charge >= 0.3 is 0 Å². The molecule has 1 aromatic heterocycles. The van der Waals surface area contributed by atoms with Gasteiger partial charge in [0.05, 0.1) is 5.56 Å². The van der Waals surface area contributed by atoms with E-state index in [1.54, 1.807) is 0 Å². The fourth-order valence-corrected chi connectivity index (χ4v) is 2.21. The molecule has 0 bridgehead atoms. The number of carbonyl (C=O) groups is 1. The minimum atomic E-state index is -0.243. The Balaban J connectivity index is 1.64. The lowest BCUT2D eigenvalue weighted by Gasteiger charge is -2.13. The summed E-state index contributed by atoms with van der Waals surface area (Å²) in [7, 11) is 3.98. The molecule has 1 heterocycles. The van der Waals surface area contributed by atoms with Gasteiger partial charge in [0.2, 0.25) is 5.95 Å². The number of para-hydroxylation sites is 1. The van der Waals surface area contributed by atoms with Crippen LogP contribution in [-0.4, -0.2) is 30.0 Å². The summed E-state index contributed by atoms with van der Waals surface area (Å²) in [6.45, 7) is 0. The summed E-state index contributed by atoms with van der Waals surface area (Å²) in [5, 5.41) is 5.91. The molecule has 0 saturated carbocycles. The highest BCUT2D eigenvalue weighted by Gasteiger charge is 2.08. The highest BCUT2D eigenvalue weighted by atomic mass is 16.1. The third kappa shape index (κ3) is 4.32. The van der Waals surface area contributed by atoms with E-state index in [9.17, 15) is 4.79 Å². The van der Waals surface area contributed by atoms with E-state index in [-0.39, 0.29) is 5.91 Å². The molecule has 0 fully saturated rings. The summed E-state index contributed by atoms with van der Waals surface area (Å²) in [6.07, 6.45) is 3.00. The zero-order valence-corrected chi connectivity index (χ0v) is 14.1. The molecule has 2 aromatic carbocycles. The molecule has 0 atom stereocenters. The van der Waals surface area contributed by atoms with Crippen molar-refractivity contribution in [2.24, 2.45) is 0 Å². The van der Waals surface area contributed by atoms with E-state index < -0.39 is 0 Å². The van der Waals surface area contributed by atoms with Gasteiger partial charge in [-0.1, -0.05) is 18.2 Å². The van der Waals surface area contributed by atoms with Crippen LogP contribution in [0, 0.1) is 0 Å². The van der Waals surface area contributed by atoms with Crippen molar-refractivity contribution in [1.82, 2.24) is 9.97 Å². The molecular weight excluding hydrogens is 314 g/mol. The van der Waals surface area contributed by atoms with Crippen molar-refractivity contribution in [1.29, 1.82) is 0 Å². The van der Waals surface area contributed by atoms with Crippen LogP contribution in [0.2, 0.25) is 0 Å². The molecule has 6 nitrogen and oxygen atoms in total. The van der Waals surface area contributed by atoms with Crippen LogP contribution in [0.4, 0.5) is 23.0 Å². The van der Waals surface area contributed by atoms with Crippen LogP contribution in [0.1, 0.15) is 10.4 Å². The largest absolute Gasteiger partial charge is 0.378 e. The van der Waals surface area contributed by atoms with Crippen LogP contribution in [-0.2, 0) is 0 Å². The Morgan fingerprint density at radius 3 is 2.12 bits per heavy atom. The summed E-state index contributed by atoms with van der Waals surface area (Å²) in [4.78, 5) is 22.6. The van der Waals surface area contributed by atoms with Crippen molar-refractivity contribution < 1.29 is 4.79 Å². The van der Waals surface area contributed by atoms with Crippen molar-refractivity contribution in [2.45, 2.75) is 0 Å². The molecule has 126 valence electrons. The Hall–Kier alpha value is -3.41. The molecule has 1 amide bonds. The molecule has 3 aromatic rings. The minimum absolute atomic E-state index is 0.243. The van der Waals surface area contributed by atoms with Crippen molar-refractivity contribution in [3.63, 3.8) is 0 Å². The van der Waals surface area contributed by atoms with Gasteiger partial charge in [-0.15, -0.1) is 0 Å². The summed E-state index contributed by atoms with van der Waals surface area (Å²) >= 11 is 0. The van der Waals surface area contributed by atoms with Gasteiger partial charge < -0.3 is 15.5 Å². The molecular formula is C19H19N5O. The van der Waals surface area contributed by atoms with Gasteiger partial charge in [0.15, 0.2) is 0 Å². The summed E-state index contributed by atoms with van der Waals surface area (Å²) < 4.78 is 0. The van der Waals surface area contributed by atoms with Crippen LogP contribution >= 0.6 is 0 Å². The highest BCUT2D eigenvalue weighted by molar-refractivity contribution is 6.03. The van der Waals surface area contributed by atoms with E-state index in [0.717, 1.165) is 17.1 Å². The van der Waals surface area contributed by atoms with Crippen LogP contribution < -0.4 is 15.5 Å². The predicted octanol–water partition coefficient (Wildman–Crippen LogP) is 3.54. The van der Waals surface area contributed by atoms with Crippen molar-refractivity contribution >= 4 is 28.9 Å². The van der Waals surface area contributed by atoms with E-state index in [1.807, 2.05) is 73.6 Å². The normalized spacial score (nSPS) is 10.2. The van der Waals surface area contributed by atoms with Crippen LogP contribution in [0.15, 0.2) is 67.0 Å². The Morgan fingerprint density at radius 1 is 0.880 bits per heavy atom. The van der Waals surface area contributed by atoms with Crippen molar-refractivity contribution in [3.05, 3.63) is 72.6 Å². The van der Waals surface area contributed by atoms with Gasteiger partial charge in [-0.05, 0) is 36.4 Å². The molecule has 3 rings (SSSR count). The number of nitrogens with one attached hydrogen (secondary N) is 2. The molecule has 0 aliphatic rings. The number of aromatic nitrogens is 2. The van der Waals surface area contributed by atoms with E-state index in [0.29, 0.717) is 11.5 Å². The first-order valence-corrected chi connectivity index (χ1v) is 7.85. The monoisotopic (exact) mass is 333 g/mol.